The molecular formula is C23H20ClIN2O6S. The van der Waals surface area contributed by atoms with E-state index >= 15 is 0 Å². The van der Waals surface area contributed by atoms with Crippen LogP contribution in [-0.4, -0.2) is 33.8 Å². The molecule has 11 heteroatoms. The zero-order valence-electron chi connectivity index (χ0n) is 17.9. The molecule has 0 aliphatic heterocycles. The smallest absolute Gasteiger partial charge is 0.339 e. The van der Waals surface area contributed by atoms with Gasteiger partial charge in [0.25, 0.3) is 5.91 Å². The fraction of sp³-hybridized carbons (Fsp3) is 0.130. The highest BCUT2D eigenvalue weighted by Crippen LogP contribution is 2.36. The molecule has 8 nitrogen and oxygen atoms in total. The first kappa shape index (κ1) is 25.8. The summed E-state index contributed by atoms with van der Waals surface area (Å²) >= 11 is 7.76. The molecule has 1 amide bonds. The summed E-state index contributed by atoms with van der Waals surface area (Å²) in [5, 5.41) is 4.48. The van der Waals surface area contributed by atoms with Gasteiger partial charge in [-0.3, -0.25) is 4.79 Å². The maximum Gasteiger partial charge on any atom is 0.339 e. The second kappa shape index (κ2) is 12.0. The second-order valence-electron chi connectivity index (χ2n) is 6.65. The van der Waals surface area contributed by atoms with Crippen molar-refractivity contribution in [1.82, 2.24) is 5.43 Å². The molecule has 0 aliphatic rings. The van der Waals surface area contributed by atoms with Crippen LogP contribution in [0.3, 0.4) is 0 Å². The summed E-state index contributed by atoms with van der Waals surface area (Å²) in [6.07, 6.45) is 1.40. The van der Waals surface area contributed by atoms with Gasteiger partial charge in [-0.05, 0) is 83.6 Å². The molecule has 0 heterocycles. The number of hydrogen-bond donors (Lipinski definition) is 1. The molecule has 0 bridgehead atoms. The van der Waals surface area contributed by atoms with Crippen molar-refractivity contribution in [2.24, 2.45) is 5.10 Å². The molecule has 3 rings (SSSR count). The summed E-state index contributed by atoms with van der Waals surface area (Å²) < 4.78 is 42.1. The van der Waals surface area contributed by atoms with E-state index in [0.29, 0.717) is 19.9 Å². The lowest BCUT2D eigenvalue weighted by Gasteiger charge is -2.14. The average Bonchev–Trinajstić information content (AvgIpc) is 2.82. The van der Waals surface area contributed by atoms with E-state index in [1.165, 1.54) is 18.3 Å². The first-order chi connectivity index (χ1) is 16.3. The second-order valence-corrected chi connectivity index (χ2v) is 9.79. The van der Waals surface area contributed by atoms with Crippen molar-refractivity contribution in [2.45, 2.75) is 11.8 Å². The lowest BCUT2D eigenvalue weighted by molar-refractivity contribution is -0.123. The zero-order chi connectivity index (χ0) is 24.6. The predicted molar refractivity (Wildman–Crippen MR) is 137 cm³/mol. The highest BCUT2D eigenvalue weighted by molar-refractivity contribution is 14.1. The van der Waals surface area contributed by atoms with E-state index < -0.39 is 16.0 Å². The Balaban J connectivity index is 1.68. The molecule has 0 aromatic heterocycles. The summed E-state index contributed by atoms with van der Waals surface area (Å²) in [6.45, 7) is 1.83. The monoisotopic (exact) mass is 614 g/mol. The maximum atomic E-state index is 12.6. The van der Waals surface area contributed by atoms with Crippen molar-refractivity contribution < 1.29 is 26.9 Å². The number of nitrogens with zero attached hydrogens (tertiary/aromatic N) is 1. The number of carbonyl (C=O) groups is 1. The van der Waals surface area contributed by atoms with Gasteiger partial charge in [0.15, 0.2) is 18.1 Å². The Labute approximate surface area is 216 Å². The van der Waals surface area contributed by atoms with Crippen LogP contribution in [0.4, 0.5) is 0 Å². The molecule has 0 fully saturated rings. The SMILES string of the molecule is CCOc1cc(/C=N\NC(=O)COc2ccc(Cl)cc2)cc(I)c1OS(=O)(=O)c1ccccc1. The Hall–Kier alpha value is -2.83. The first-order valence-electron chi connectivity index (χ1n) is 9.94. The highest BCUT2D eigenvalue weighted by Gasteiger charge is 2.22. The lowest BCUT2D eigenvalue weighted by atomic mass is 10.2. The van der Waals surface area contributed by atoms with Crippen LogP contribution in [0.25, 0.3) is 0 Å². The van der Waals surface area contributed by atoms with Gasteiger partial charge in [0.2, 0.25) is 0 Å². The minimum absolute atomic E-state index is 0.0300. The van der Waals surface area contributed by atoms with Crippen LogP contribution >= 0.6 is 34.2 Å². The van der Waals surface area contributed by atoms with Crippen LogP contribution in [0.2, 0.25) is 5.02 Å². The van der Waals surface area contributed by atoms with E-state index in [0.717, 1.165) is 0 Å². The van der Waals surface area contributed by atoms with E-state index in [2.05, 4.69) is 10.5 Å². The number of carbonyl (C=O) groups excluding carboxylic acids is 1. The van der Waals surface area contributed by atoms with Gasteiger partial charge < -0.3 is 13.7 Å². The Kier molecular flexibility index (Phi) is 9.13. The number of hydrazone groups is 1. The van der Waals surface area contributed by atoms with Crippen molar-refractivity contribution in [3.63, 3.8) is 0 Å². The first-order valence-corrected chi connectivity index (χ1v) is 12.8. The zero-order valence-corrected chi connectivity index (χ0v) is 21.6. The summed E-state index contributed by atoms with van der Waals surface area (Å²) in [6, 6.07) is 17.7. The molecule has 0 saturated heterocycles. The predicted octanol–water partition coefficient (Wildman–Crippen LogP) is 4.64. The van der Waals surface area contributed by atoms with Crippen LogP contribution in [0.15, 0.2) is 76.7 Å². The Morgan fingerprint density at radius 1 is 1.09 bits per heavy atom. The van der Waals surface area contributed by atoms with Crippen LogP contribution in [0.1, 0.15) is 12.5 Å². The number of ether oxygens (including phenoxy) is 2. The van der Waals surface area contributed by atoms with Gasteiger partial charge in [-0.15, -0.1) is 0 Å². The molecule has 34 heavy (non-hydrogen) atoms. The Morgan fingerprint density at radius 3 is 2.47 bits per heavy atom. The third-order valence-corrected chi connectivity index (χ3v) is 6.43. The van der Waals surface area contributed by atoms with Gasteiger partial charge in [-0.1, -0.05) is 29.8 Å². The third-order valence-electron chi connectivity index (χ3n) is 4.14. The van der Waals surface area contributed by atoms with Crippen LogP contribution in [0, 0.1) is 3.57 Å². The van der Waals surface area contributed by atoms with E-state index in [4.69, 9.17) is 25.3 Å². The highest BCUT2D eigenvalue weighted by atomic mass is 127. The quantitative estimate of drug-likeness (QED) is 0.155. The standard InChI is InChI=1S/C23H20ClIN2O6S/c1-2-31-21-13-16(14-26-27-22(28)15-32-18-10-8-17(24)9-11-18)12-20(25)23(21)33-34(29,30)19-6-4-3-5-7-19/h3-14H,2,15H2,1H3,(H,27,28)/b26-14-. The number of amides is 1. The molecule has 0 saturated carbocycles. The number of halogens is 2. The molecular weight excluding hydrogens is 595 g/mol. The summed E-state index contributed by atoms with van der Waals surface area (Å²) in [5.41, 5.74) is 2.93. The van der Waals surface area contributed by atoms with Crippen molar-refractivity contribution in [2.75, 3.05) is 13.2 Å². The van der Waals surface area contributed by atoms with Crippen molar-refractivity contribution in [3.8, 4) is 17.2 Å². The number of nitrogens with one attached hydrogen (secondary N) is 1. The van der Waals surface area contributed by atoms with Gasteiger partial charge in [0, 0.05) is 5.02 Å². The van der Waals surface area contributed by atoms with Crippen molar-refractivity contribution in [3.05, 3.63) is 80.9 Å². The van der Waals surface area contributed by atoms with Gasteiger partial charge >= 0.3 is 10.1 Å². The fourth-order valence-corrected chi connectivity index (χ4v) is 4.63. The van der Waals surface area contributed by atoms with Crippen LogP contribution < -0.4 is 19.1 Å². The number of rotatable bonds is 10. The Morgan fingerprint density at radius 2 is 1.79 bits per heavy atom. The van der Waals surface area contributed by atoms with Gasteiger partial charge in [0.1, 0.15) is 10.6 Å². The third kappa shape index (κ3) is 7.34. The minimum Gasteiger partial charge on any atom is -0.490 e. The summed E-state index contributed by atoms with van der Waals surface area (Å²) in [7, 11) is -4.05. The summed E-state index contributed by atoms with van der Waals surface area (Å²) in [5.74, 6) is 0.344. The van der Waals surface area contributed by atoms with E-state index in [1.807, 2.05) is 22.6 Å². The molecule has 0 radical (unpaired) electrons. The molecule has 0 aliphatic carbocycles. The topological polar surface area (TPSA) is 103 Å². The average molecular weight is 615 g/mol. The molecule has 0 spiro atoms. The summed E-state index contributed by atoms with van der Waals surface area (Å²) in [4.78, 5) is 12.0. The van der Waals surface area contributed by atoms with E-state index in [-0.39, 0.29) is 29.6 Å². The fourth-order valence-electron chi connectivity index (χ4n) is 2.64. The Bertz CT molecular complexity index is 1270. The van der Waals surface area contributed by atoms with E-state index in [1.54, 1.807) is 61.5 Å². The van der Waals surface area contributed by atoms with E-state index in [9.17, 15) is 13.2 Å². The van der Waals surface area contributed by atoms with Gasteiger partial charge in [-0.2, -0.15) is 13.5 Å². The minimum atomic E-state index is -4.05. The van der Waals surface area contributed by atoms with Crippen LogP contribution in [-0.2, 0) is 14.9 Å². The van der Waals surface area contributed by atoms with Gasteiger partial charge in [0.05, 0.1) is 16.4 Å². The maximum absolute atomic E-state index is 12.6. The van der Waals surface area contributed by atoms with Crippen molar-refractivity contribution >= 4 is 56.4 Å². The molecule has 3 aromatic carbocycles. The normalized spacial score (nSPS) is 11.3. The molecule has 1 N–H and O–H groups in total. The molecule has 0 unspecified atom stereocenters. The largest absolute Gasteiger partial charge is 0.490 e. The molecule has 0 atom stereocenters. The molecule has 178 valence electrons. The molecule has 3 aromatic rings. The number of hydrogen-bond acceptors (Lipinski definition) is 7. The lowest BCUT2D eigenvalue weighted by Crippen LogP contribution is -2.24. The van der Waals surface area contributed by atoms with Gasteiger partial charge in [-0.25, -0.2) is 5.43 Å². The van der Waals surface area contributed by atoms with Crippen LogP contribution in [0.5, 0.6) is 17.2 Å². The number of benzene rings is 3. The van der Waals surface area contributed by atoms with Crippen molar-refractivity contribution in [1.29, 1.82) is 0 Å².